The summed E-state index contributed by atoms with van der Waals surface area (Å²) >= 11 is 0. The zero-order chi connectivity index (χ0) is 12.1. The fourth-order valence-corrected chi connectivity index (χ4v) is 2.79. The number of likely N-dealkylation sites (tertiary alicyclic amines) is 1. The van der Waals surface area contributed by atoms with Gasteiger partial charge in [-0.2, -0.15) is 0 Å². The second kappa shape index (κ2) is 6.33. The molecule has 2 unspecified atom stereocenters. The summed E-state index contributed by atoms with van der Waals surface area (Å²) in [5, 5.41) is 11.6. The Morgan fingerprint density at radius 3 is 3.06 bits per heavy atom. The quantitative estimate of drug-likeness (QED) is 0.719. The van der Waals surface area contributed by atoms with Gasteiger partial charge in [0.15, 0.2) is 0 Å². The van der Waals surface area contributed by atoms with Crippen molar-refractivity contribution >= 4 is 5.97 Å². The summed E-state index contributed by atoms with van der Waals surface area (Å²) in [5.41, 5.74) is 0. The van der Waals surface area contributed by atoms with E-state index in [0.717, 1.165) is 32.7 Å². The number of carboxylic acid groups (broad SMARTS) is 1. The molecule has 5 heteroatoms. The normalized spacial score (nSPS) is 30.6. The van der Waals surface area contributed by atoms with Gasteiger partial charge in [0.25, 0.3) is 0 Å². The van der Waals surface area contributed by atoms with Crippen molar-refractivity contribution in [3.05, 3.63) is 0 Å². The monoisotopic (exact) mass is 242 g/mol. The number of piperidine rings is 1. The highest BCUT2D eigenvalue weighted by molar-refractivity contribution is 5.68. The summed E-state index contributed by atoms with van der Waals surface area (Å²) < 4.78 is 5.42. The van der Waals surface area contributed by atoms with Crippen LogP contribution in [0.4, 0.5) is 0 Å². The Bertz CT molecular complexity index is 254. The number of hydrogen-bond acceptors (Lipinski definition) is 4. The molecule has 2 saturated heterocycles. The maximum Gasteiger partial charge on any atom is 0.317 e. The summed E-state index contributed by atoms with van der Waals surface area (Å²) in [7, 11) is 0. The predicted molar refractivity (Wildman–Crippen MR) is 64.0 cm³/mol. The predicted octanol–water partition coefficient (Wildman–Crippen LogP) is 0.161. The van der Waals surface area contributed by atoms with Crippen molar-refractivity contribution in [3.8, 4) is 0 Å². The summed E-state index contributed by atoms with van der Waals surface area (Å²) in [6.45, 7) is 4.90. The van der Waals surface area contributed by atoms with E-state index in [1.54, 1.807) is 0 Å². The fraction of sp³-hybridized carbons (Fsp3) is 0.917. The molecule has 2 heterocycles. The molecule has 2 aliphatic rings. The topological polar surface area (TPSA) is 61.8 Å². The highest BCUT2D eigenvalue weighted by atomic mass is 16.5. The Morgan fingerprint density at radius 2 is 2.35 bits per heavy atom. The van der Waals surface area contributed by atoms with Gasteiger partial charge in [0.2, 0.25) is 0 Å². The van der Waals surface area contributed by atoms with Crippen molar-refractivity contribution in [3.63, 3.8) is 0 Å². The van der Waals surface area contributed by atoms with Crippen LogP contribution in [0.15, 0.2) is 0 Å². The Morgan fingerprint density at radius 1 is 1.47 bits per heavy atom. The van der Waals surface area contributed by atoms with Gasteiger partial charge in [-0.1, -0.05) is 0 Å². The molecule has 0 aromatic carbocycles. The van der Waals surface area contributed by atoms with E-state index in [1.807, 2.05) is 0 Å². The van der Waals surface area contributed by atoms with E-state index in [4.69, 9.17) is 9.84 Å². The molecule has 0 spiro atoms. The molecule has 0 aliphatic carbocycles. The van der Waals surface area contributed by atoms with Crippen molar-refractivity contribution < 1.29 is 14.6 Å². The van der Waals surface area contributed by atoms with Crippen LogP contribution in [0, 0.1) is 5.92 Å². The Balaban J connectivity index is 1.70. The molecule has 0 amide bonds. The Kier molecular flexibility index (Phi) is 4.76. The van der Waals surface area contributed by atoms with Crippen LogP contribution >= 0.6 is 0 Å². The first kappa shape index (κ1) is 12.8. The Labute approximate surface area is 102 Å². The molecule has 0 aromatic heterocycles. The highest BCUT2D eigenvalue weighted by Crippen LogP contribution is 2.21. The van der Waals surface area contributed by atoms with Gasteiger partial charge in [0.1, 0.15) is 0 Å². The maximum atomic E-state index is 10.4. The summed E-state index contributed by atoms with van der Waals surface area (Å²) in [6.07, 6.45) is 3.57. The first-order valence-electron chi connectivity index (χ1n) is 6.50. The van der Waals surface area contributed by atoms with Crippen molar-refractivity contribution in [2.24, 2.45) is 5.92 Å². The molecule has 2 aliphatic heterocycles. The Hall–Kier alpha value is -0.650. The van der Waals surface area contributed by atoms with Crippen molar-refractivity contribution in [1.29, 1.82) is 0 Å². The summed E-state index contributed by atoms with van der Waals surface area (Å²) in [4.78, 5) is 12.9. The number of aliphatic carboxylic acids is 1. The average Bonchev–Trinajstić information content (AvgIpc) is 2.82. The van der Waals surface area contributed by atoms with E-state index in [2.05, 4.69) is 10.2 Å². The minimum atomic E-state index is -0.776. The summed E-state index contributed by atoms with van der Waals surface area (Å²) in [5.74, 6) is -0.189. The lowest BCUT2D eigenvalue weighted by atomic mass is 9.96. The molecule has 5 nitrogen and oxygen atoms in total. The number of carbonyl (C=O) groups is 1. The molecular weight excluding hydrogens is 220 g/mol. The van der Waals surface area contributed by atoms with Crippen LogP contribution in [0.3, 0.4) is 0 Å². The van der Waals surface area contributed by atoms with E-state index in [0.29, 0.717) is 12.0 Å². The zero-order valence-corrected chi connectivity index (χ0v) is 10.2. The first-order chi connectivity index (χ1) is 8.25. The molecule has 0 aromatic rings. The van der Waals surface area contributed by atoms with Gasteiger partial charge < -0.3 is 15.2 Å². The summed E-state index contributed by atoms with van der Waals surface area (Å²) in [6, 6.07) is 0.595. The van der Waals surface area contributed by atoms with Crippen molar-refractivity contribution in [2.75, 3.05) is 39.4 Å². The maximum absolute atomic E-state index is 10.4. The first-order valence-corrected chi connectivity index (χ1v) is 6.50. The molecular formula is C12H22N2O3. The lowest BCUT2D eigenvalue weighted by molar-refractivity contribution is -0.136. The number of nitrogens with one attached hydrogen (secondary N) is 1. The van der Waals surface area contributed by atoms with Crippen molar-refractivity contribution in [1.82, 2.24) is 10.2 Å². The molecule has 2 N–H and O–H groups in total. The van der Waals surface area contributed by atoms with Crippen LogP contribution < -0.4 is 5.32 Å². The number of hydrogen-bond donors (Lipinski definition) is 2. The third-order valence-corrected chi connectivity index (χ3v) is 3.68. The second-order valence-electron chi connectivity index (χ2n) is 5.05. The van der Waals surface area contributed by atoms with E-state index >= 15 is 0 Å². The lowest BCUT2D eigenvalue weighted by Gasteiger charge is -2.36. The minimum Gasteiger partial charge on any atom is -0.480 e. The van der Waals surface area contributed by atoms with Gasteiger partial charge in [0.05, 0.1) is 13.2 Å². The van der Waals surface area contributed by atoms with Crippen LogP contribution in [0.1, 0.15) is 19.3 Å². The van der Waals surface area contributed by atoms with Crippen molar-refractivity contribution in [2.45, 2.75) is 25.3 Å². The van der Waals surface area contributed by atoms with Crippen LogP contribution in [0.5, 0.6) is 0 Å². The molecule has 98 valence electrons. The smallest absolute Gasteiger partial charge is 0.317 e. The molecule has 2 fully saturated rings. The SMILES string of the molecule is O=C(O)CNCC1CCCN(C2CCOC2)C1. The van der Waals surface area contributed by atoms with Gasteiger partial charge in [0, 0.05) is 19.2 Å². The fourth-order valence-electron chi connectivity index (χ4n) is 2.79. The number of rotatable bonds is 5. The average molecular weight is 242 g/mol. The highest BCUT2D eigenvalue weighted by Gasteiger charge is 2.28. The zero-order valence-electron chi connectivity index (χ0n) is 10.2. The van der Waals surface area contributed by atoms with Crippen LogP contribution in [0.25, 0.3) is 0 Å². The van der Waals surface area contributed by atoms with Gasteiger partial charge in [-0.15, -0.1) is 0 Å². The van der Waals surface area contributed by atoms with Crippen LogP contribution in [0.2, 0.25) is 0 Å². The molecule has 2 rings (SSSR count). The largest absolute Gasteiger partial charge is 0.480 e. The molecule has 0 bridgehead atoms. The van der Waals surface area contributed by atoms with Gasteiger partial charge in [-0.3, -0.25) is 9.69 Å². The van der Waals surface area contributed by atoms with Gasteiger partial charge >= 0.3 is 5.97 Å². The van der Waals surface area contributed by atoms with Gasteiger partial charge in [-0.25, -0.2) is 0 Å². The van der Waals surface area contributed by atoms with Gasteiger partial charge in [-0.05, 0) is 38.3 Å². The minimum absolute atomic E-state index is 0.0725. The molecule has 0 saturated carbocycles. The van der Waals surface area contributed by atoms with E-state index in [-0.39, 0.29) is 6.54 Å². The third-order valence-electron chi connectivity index (χ3n) is 3.68. The third kappa shape index (κ3) is 3.94. The van der Waals surface area contributed by atoms with Crippen LogP contribution in [-0.2, 0) is 9.53 Å². The molecule has 0 radical (unpaired) electrons. The number of nitrogens with zero attached hydrogens (tertiary/aromatic N) is 1. The lowest BCUT2D eigenvalue weighted by Crippen LogP contribution is -2.45. The van der Waals surface area contributed by atoms with E-state index < -0.39 is 5.97 Å². The second-order valence-corrected chi connectivity index (χ2v) is 5.05. The number of carboxylic acids is 1. The van der Waals surface area contributed by atoms with E-state index in [9.17, 15) is 4.79 Å². The standard InChI is InChI=1S/C12H22N2O3/c15-12(16)7-13-6-10-2-1-4-14(8-10)11-3-5-17-9-11/h10-11,13H,1-9H2,(H,15,16). The number of ether oxygens (including phenoxy) is 1. The molecule has 17 heavy (non-hydrogen) atoms. The molecule has 2 atom stereocenters. The van der Waals surface area contributed by atoms with Crippen LogP contribution in [-0.4, -0.2) is 61.4 Å². The van der Waals surface area contributed by atoms with E-state index in [1.165, 1.54) is 19.4 Å².